The summed E-state index contributed by atoms with van der Waals surface area (Å²) >= 11 is 3.83. The van der Waals surface area contributed by atoms with E-state index in [1.165, 1.54) is 43.4 Å². The SMILES string of the molecule is C/C=C1\C(=NC(C)CC)C(Br)=Cc2nc(OCC(C)(CCCC)CCCCCCC)nc(N3CCCN=C(/C=C(\N)C(=O)N(C)C)C3)c21. The van der Waals surface area contributed by atoms with E-state index in [1.54, 1.807) is 20.2 Å². The first kappa shape index (κ1) is 39.4. The largest absolute Gasteiger partial charge is 0.463 e. The Balaban J connectivity index is 2.07. The first-order valence-corrected chi connectivity index (χ1v) is 18.9. The second-order valence-electron chi connectivity index (χ2n) is 13.8. The smallest absolute Gasteiger partial charge is 0.318 e. The van der Waals surface area contributed by atoms with E-state index in [1.807, 2.05) is 13.0 Å². The van der Waals surface area contributed by atoms with E-state index >= 15 is 0 Å². The quantitative estimate of drug-likeness (QED) is 0.128. The molecule has 0 saturated carbocycles. The molecule has 1 aliphatic carbocycles. The van der Waals surface area contributed by atoms with Crippen LogP contribution in [0, 0.1) is 5.41 Å². The zero-order valence-electron chi connectivity index (χ0n) is 30.9. The molecule has 48 heavy (non-hydrogen) atoms. The average Bonchev–Trinajstić information content (AvgIpc) is 3.31. The number of likely N-dealkylation sites (N-methyl/N-ethyl adjacent to an activating group) is 1. The Hall–Kier alpha value is -3.01. The van der Waals surface area contributed by atoms with Crippen molar-refractivity contribution in [3.05, 3.63) is 33.6 Å². The van der Waals surface area contributed by atoms with Crippen LogP contribution in [-0.4, -0.2) is 78.6 Å². The molecule has 1 aromatic heterocycles. The number of anilines is 1. The van der Waals surface area contributed by atoms with Gasteiger partial charge in [-0.05, 0) is 67.6 Å². The van der Waals surface area contributed by atoms with Crippen molar-refractivity contribution in [3.63, 3.8) is 0 Å². The summed E-state index contributed by atoms with van der Waals surface area (Å²) in [5, 5.41) is 0. The van der Waals surface area contributed by atoms with Gasteiger partial charge in [0.1, 0.15) is 5.82 Å². The molecule has 0 spiro atoms. The van der Waals surface area contributed by atoms with Crippen molar-refractivity contribution in [2.45, 2.75) is 118 Å². The maximum Gasteiger partial charge on any atom is 0.318 e. The van der Waals surface area contributed by atoms with Crippen molar-refractivity contribution in [2.75, 3.05) is 45.2 Å². The molecular formula is C38H60BrN7O2. The van der Waals surface area contributed by atoms with Gasteiger partial charge >= 0.3 is 6.01 Å². The number of nitrogens with zero attached hydrogens (tertiary/aromatic N) is 6. The fraction of sp³-hybridized carbons (Fsp3) is 0.658. The minimum absolute atomic E-state index is 0.0480. The Morgan fingerprint density at radius 3 is 2.52 bits per heavy atom. The van der Waals surface area contributed by atoms with Crippen molar-refractivity contribution < 1.29 is 9.53 Å². The van der Waals surface area contributed by atoms with Crippen LogP contribution < -0.4 is 15.4 Å². The lowest BCUT2D eigenvalue weighted by Gasteiger charge is -2.31. The molecule has 2 aliphatic rings. The monoisotopic (exact) mass is 725 g/mol. The van der Waals surface area contributed by atoms with Crippen molar-refractivity contribution in [1.29, 1.82) is 0 Å². The highest BCUT2D eigenvalue weighted by molar-refractivity contribution is 9.12. The number of amides is 1. The third-order valence-corrected chi connectivity index (χ3v) is 9.84. The number of carbonyl (C=O) groups excluding carboxylic acids is 1. The Labute approximate surface area is 298 Å². The van der Waals surface area contributed by atoms with Crippen molar-refractivity contribution in [2.24, 2.45) is 21.1 Å². The second kappa shape index (κ2) is 19.2. The van der Waals surface area contributed by atoms with Crippen LogP contribution in [0.4, 0.5) is 5.82 Å². The predicted octanol–water partition coefficient (Wildman–Crippen LogP) is 8.39. The van der Waals surface area contributed by atoms with Crippen LogP contribution in [0.5, 0.6) is 6.01 Å². The van der Waals surface area contributed by atoms with Crippen LogP contribution in [0.3, 0.4) is 0 Å². The molecule has 0 bridgehead atoms. The number of carbonyl (C=O) groups is 1. The maximum atomic E-state index is 12.6. The van der Waals surface area contributed by atoms with Gasteiger partial charge in [-0.15, -0.1) is 0 Å². The zero-order valence-corrected chi connectivity index (χ0v) is 32.5. The lowest BCUT2D eigenvalue weighted by molar-refractivity contribution is -0.124. The summed E-state index contributed by atoms with van der Waals surface area (Å²) in [4.78, 5) is 36.3. The van der Waals surface area contributed by atoms with Crippen LogP contribution in [0.15, 0.2) is 32.3 Å². The van der Waals surface area contributed by atoms with Gasteiger partial charge < -0.3 is 20.3 Å². The minimum atomic E-state index is -0.239. The lowest BCUT2D eigenvalue weighted by atomic mass is 9.80. The van der Waals surface area contributed by atoms with Gasteiger partial charge in [-0.3, -0.25) is 14.8 Å². The van der Waals surface area contributed by atoms with Gasteiger partial charge in [-0.25, -0.2) is 0 Å². The lowest BCUT2D eigenvalue weighted by Crippen LogP contribution is -2.33. The maximum absolute atomic E-state index is 12.6. The Bertz CT molecular complexity index is 1400. The summed E-state index contributed by atoms with van der Waals surface area (Å²) in [6.07, 6.45) is 18.5. The molecule has 1 amide bonds. The van der Waals surface area contributed by atoms with Gasteiger partial charge in [-0.1, -0.05) is 78.7 Å². The molecule has 2 N–H and O–H groups in total. The van der Waals surface area contributed by atoms with E-state index in [9.17, 15) is 4.79 Å². The van der Waals surface area contributed by atoms with Crippen LogP contribution in [0.2, 0.25) is 0 Å². The van der Waals surface area contributed by atoms with Crippen molar-refractivity contribution in [3.8, 4) is 6.01 Å². The summed E-state index contributed by atoms with van der Waals surface area (Å²) in [6, 6.07) is 0.541. The first-order chi connectivity index (χ1) is 23.0. The average molecular weight is 727 g/mol. The van der Waals surface area contributed by atoms with E-state index < -0.39 is 0 Å². The highest BCUT2D eigenvalue weighted by Crippen LogP contribution is 2.40. The van der Waals surface area contributed by atoms with Crippen molar-refractivity contribution >= 4 is 50.7 Å². The highest BCUT2D eigenvalue weighted by Gasteiger charge is 2.31. The van der Waals surface area contributed by atoms with Gasteiger partial charge in [0.2, 0.25) is 0 Å². The molecule has 0 saturated heterocycles. The molecule has 1 aromatic rings. The molecule has 0 aromatic carbocycles. The summed E-state index contributed by atoms with van der Waals surface area (Å²) in [6.45, 7) is 15.6. The molecular weight excluding hydrogens is 666 g/mol. The number of hydrogen-bond donors (Lipinski definition) is 1. The fourth-order valence-electron chi connectivity index (χ4n) is 6.11. The highest BCUT2D eigenvalue weighted by atomic mass is 79.9. The van der Waals surface area contributed by atoms with Crippen molar-refractivity contribution in [1.82, 2.24) is 14.9 Å². The molecule has 2 heterocycles. The molecule has 9 nitrogen and oxygen atoms in total. The number of ether oxygens (including phenoxy) is 1. The normalized spacial score (nSPS) is 18.9. The summed E-state index contributed by atoms with van der Waals surface area (Å²) in [7, 11) is 3.39. The number of allylic oxidation sites excluding steroid dienone is 3. The second-order valence-corrected chi connectivity index (χ2v) is 14.7. The minimum Gasteiger partial charge on any atom is -0.463 e. The van der Waals surface area contributed by atoms with Gasteiger partial charge in [0.25, 0.3) is 5.91 Å². The number of halogens is 1. The number of nitrogens with two attached hydrogens (primary N) is 1. The van der Waals surface area contributed by atoms with E-state index in [0.29, 0.717) is 25.7 Å². The van der Waals surface area contributed by atoms with E-state index in [4.69, 9.17) is 30.4 Å². The summed E-state index contributed by atoms with van der Waals surface area (Å²) in [5.41, 5.74) is 10.8. The number of hydrogen-bond acceptors (Lipinski definition) is 8. The van der Waals surface area contributed by atoms with Gasteiger partial charge in [0, 0.05) is 48.7 Å². The molecule has 3 rings (SSSR count). The Morgan fingerprint density at radius 2 is 1.85 bits per heavy atom. The standard InChI is InChI=1S/C38H60BrN7O2/c1-9-13-15-16-17-20-38(6,19-14-10-2)26-48-37-43-32-24-30(39)34(42-27(5)11-3)29(12-4)33(32)35(44-37)46-22-18-21-41-28(25-46)23-31(40)36(47)45(7)8/h12,23-24,27H,9-11,13-22,25-26,40H2,1-8H3/b29-12-,31-23-,42-34?. The predicted molar refractivity (Wildman–Crippen MR) is 206 cm³/mol. The van der Waals surface area contributed by atoms with Crippen LogP contribution >= 0.6 is 15.9 Å². The summed E-state index contributed by atoms with van der Waals surface area (Å²) < 4.78 is 7.48. The number of unbranched alkanes of at least 4 members (excludes halogenated alkanes) is 5. The van der Waals surface area contributed by atoms with E-state index in [2.05, 4.69) is 61.5 Å². The van der Waals surface area contributed by atoms with E-state index in [-0.39, 0.29) is 23.1 Å². The topological polar surface area (TPSA) is 109 Å². The number of aromatic nitrogens is 2. The third-order valence-electron chi connectivity index (χ3n) is 9.24. The number of fused-ring (bicyclic) bond motifs is 1. The molecule has 1 aliphatic heterocycles. The van der Waals surface area contributed by atoms with Gasteiger partial charge in [0.05, 0.1) is 41.5 Å². The Kier molecular flexibility index (Phi) is 15.8. The van der Waals surface area contributed by atoms with Gasteiger partial charge in [0.15, 0.2) is 0 Å². The number of aliphatic imine (C=N–C) groups is 2. The summed E-state index contributed by atoms with van der Waals surface area (Å²) in [5.74, 6) is 0.545. The molecule has 0 fully saturated rings. The van der Waals surface area contributed by atoms with Crippen LogP contribution in [-0.2, 0) is 4.79 Å². The zero-order chi connectivity index (χ0) is 35.3. The molecule has 2 atom stereocenters. The number of rotatable bonds is 17. The molecule has 2 unspecified atom stereocenters. The molecule has 266 valence electrons. The Morgan fingerprint density at radius 1 is 1.15 bits per heavy atom. The van der Waals surface area contributed by atoms with Gasteiger partial charge in [-0.2, -0.15) is 9.97 Å². The third kappa shape index (κ3) is 11.0. The molecule has 10 heteroatoms. The fourth-order valence-corrected chi connectivity index (χ4v) is 6.64. The van der Waals surface area contributed by atoms with Crippen LogP contribution in [0.1, 0.15) is 123 Å². The molecule has 0 radical (unpaired) electrons. The first-order valence-electron chi connectivity index (χ1n) is 18.1. The van der Waals surface area contributed by atoms with E-state index in [0.717, 1.165) is 77.2 Å². The van der Waals surface area contributed by atoms with Crippen LogP contribution in [0.25, 0.3) is 11.6 Å².